The van der Waals surface area contributed by atoms with Gasteiger partial charge in [-0.25, -0.2) is 4.98 Å². The van der Waals surface area contributed by atoms with E-state index in [0.717, 1.165) is 94.5 Å². The van der Waals surface area contributed by atoms with Gasteiger partial charge in [0.2, 0.25) is 5.95 Å². The number of anilines is 1. The number of aromatic nitrogens is 3. The molecule has 1 aromatic rings. The van der Waals surface area contributed by atoms with Crippen LogP contribution in [0.25, 0.3) is 0 Å². The van der Waals surface area contributed by atoms with Crippen LogP contribution < -0.4 is 5.32 Å². The minimum absolute atomic E-state index is 0.212. The lowest BCUT2D eigenvalue weighted by molar-refractivity contribution is 0.250. The Hall–Kier alpha value is -0.779. The predicted molar refractivity (Wildman–Crippen MR) is 158 cm³/mol. The van der Waals surface area contributed by atoms with Crippen molar-refractivity contribution in [1.82, 2.24) is 15.0 Å². The van der Waals surface area contributed by atoms with Crippen molar-refractivity contribution in [2.45, 2.75) is 122 Å². The normalized spacial score (nSPS) is 34.7. The van der Waals surface area contributed by atoms with E-state index in [1.54, 1.807) is 0 Å². The topological polar surface area (TPSA) is 106 Å². The van der Waals surface area contributed by atoms with Crippen LogP contribution in [0.3, 0.4) is 0 Å². The number of nitrogens with zero attached hydrogens (tertiary/aromatic N) is 3. The average Bonchev–Trinajstić information content (AvgIpc) is 3.53. The van der Waals surface area contributed by atoms with Gasteiger partial charge in [-0.05, 0) is 77.8 Å². The van der Waals surface area contributed by atoms with Crippen molar-refractivity contribution in [3.8, 4) is 0 Å². The Bertz CT molecular complexity index is 811. The fraction of sp³-hybridized carbons (Fsp3) is 0.885. The first-order valence-electron chi connectivity index (χ1n) is 15.0. The highest BCUT2D eigenvalue weighted by atomic mass is 28.4. The quantitative estimate of drug-likeness (QED) is 0.223. The number of aryl methyl sites for hydroxylation is 2. The Morgan fingerprint density at radius 3 is 1.41 bits per heavy atom. The van der Waals surface area contributed by atoms with E-state index in [2.05, 4.69) is 45.7 Å². The van der Waals surface area contributed by atoms with E-state index in [9.17, 15) is 0 Å². The van der Waals surface area contributed by atoms with Gasteiger partial charge in [-0.3, -0.25) is 0 Å². The van der Waals surface area contributed by atoms with E-state index < -0.39 is 25.7 Å². The zero-order valence-electron chi connectivity index (χ0n) is 24.9. The second kappa shape index (κ2) is 13.9. The molecule has 0 bridgehead atoms. The number of hydrogen-bond acceptors (Lipinski definition) is 10. The Balaban J connectivity index is 1.27. The molecule has 3 saturated heterocycles. The van der Waals surface area contributed by atoms with Gasteiger partial charge in [0.15, 0.2) is 0 Å². The average molecular weight is 599 g/mol. The molecule has 3 aliphatic heterocycles. The van der Waals surface area contributed by atoms with Gasteiger partial charge in [-0.15, -0.1) is 0 Å². The second-order valence-electron chi connectivity index (χ2n) is 12.1. The Kier molecular flexibility index (Phi) is 11.1. The maximum atomic E-state index is 6.08. The van der Waals surface area contributed by atoms with E-state index in [1.807, 2.05) is 0 Å². The zero-order valence-corrected chi connectivity index (χ0v) is 27.9. The van der Waals surface area contributed by atoms with Gasteiger partial charge in [0.1, 0.15) is 11.6 Å². The van der Waals surface area contributed by atoms with Crippen molar-refractivity contribution >= 4 is 31.6 Å². The first-order valence-corrected chi connectivity index (χ1v) is 22.5. The Morgan fingerprint density at radius 2 is 1.03 bits per heavy atom. The molecular formula is C26H50N4O6Si3. The number of unbranched alkanes of at least 4 members (excludes halogenated alkanes) is 2. The molecule has 0 aromatic carbocycles. The largest absolute Gasteiger partial charge is 0.392 e. The molecule has 3 aliphatic rings. The fourth-order valence-electron chi connectivity index (χ4n) is 5.59. The fourth-order valence-corrected chi connectivity index (χ4v) is 13.7. The summed E-state index contributed by atoms with van der Waals surface area (Å²) >= 11 is 0. The standard InChI is InChI=1S/C26H50N4O6Si3/c1-21-18-31-37(4,34-21)15-9-7-12-24-28-25(13-8-10-16-38(5)32-19-22(2)35-38)30-26(29-24)27-14-11-17-39(6)33-20-23(3)36-39/h21-23H,7-20H2,1-6H3,(H,27,28,29,30). The molecule has 0 spiro atoms. The van der Waals surface area contributed by atoms with E-state index in [0.29, 0.717) is 12.6 Å². The smallest absolute Gasteiger partial charge is 0.335 e. The molecule has 39 heavy (non-hydrogen) atoms. The Morgan fingerprint density at radius 1 is 0.615 bits per heavy atom. The van der Waals surface area contributed by atoms with Crippen molar-refractivity contribution in [3.05, 3.63) is 11.6 Å². The first-order chi connectivity index (χ1) is 18.5. The highest BCUT2D eigenvalue weighted by molar-refractivity contribution is 6.67. The third-order valence-corrected chi connectivity index (χ3v) is 16.4. The summed E-state index contributed by atoms with van der Waals surface area (Å²) < 4.78 is 36.2. The third-order valence-electron chi connectivity index (χ3n) is 7.60. The lowest BCUT2D eigenvalue weighted by Crippen LogP contribution is -2.33. The molecule has 0 saturated carbocycles. The molecule has 4 heterocycles. The minimum atomic E-state index is -2.02. The van der Waals surface area contributed by atoms with Crippen molar-refractivity contribution in [1.29, 1.82) is 0 Å². The van der Waals surface area contributed by atoms with Crippen LogP contribution in [0, 0.1) is 0 Å². The summed E-state index contributed by atoms with van der Waals surface area (Å²) in [5.41, 5.74) is 0. The van der Waals surface area contributed by atoms with Crippen LogP contribution in [0.1, 0.15) is 64.5 Å². The van der Waals surface area contributed by atoms with Gasteiger partial charge >= 0.3 is 25.7 Å². The molecule has 6 unspecified atom stereocenters. The maximum absolute atomic E-state index is 6.08. The summed E-state index contributed by atoms with van der Waals surface area (Å²) in [7, 11) is -6.02. The van der Waals surface area contributed by atoms with E-state index in [-0.39, 0.29) is 18.3 Å². The lowest BCUT2D eigenvalue weighted by atomic mass is 10.2. The van der Waals surface area contributed by atoms with E-state index in [4.69, 9.17) is 41.5 Å². The van der Waals surface area contributed by atoms with Crippen molar-refractivity contribution in [2.75, 3.05) is 31.7 Å². The highest BCUT2D eigenvalue weighted by Crippen LogP contribution is 2.27. The molecule has 0 aliphatic carbocycles. The molecule has 1 N–H and O–H groups in total. The second-order valence-corrected chi connectivity index (χ2v) is 21.9. The van der Waals surface area contributed by atoms with Gasteiger partial charge in [-0.1, -0.05) is 12.8 Å². The Labute approximate surface area is 238 Å². The third kappa shape index (κ3) is 9.92. The molecule has 1 aromatic heterocycles. The number of nitrogens with one attached hydrogen (secondary N) is 1. The van der Waals surface area contributed by atoms with Crippen LogP contribution >= 0.6 is 0 Å². The van der Waals surface area contributed by atoms with Gasteiger partial charge in [0.25, 0.3) is 0 Å². The van der Waals surface area contributed by atoms with E-state index in [1.165, 1.54) is 0 Å². The predicted octanol–water partition coefficient (Wildman–Crippen LogP) is 4.84. The number of rotatable bonds is 15. The molecule has 4 rings (SSSR count). The summed E-state index contributed by atoms with van der Waals surface area (Å²) in [6.07, 6.45) is 7.44. The molecular weight excluding hydrogens is 549 g/mol. The van der Waals surface area contributed by atoms with Crippen LogP contribution in [0.2, 0.25) is 37.8 Å². The van der Waals surface area contributed by atoms with Crippen molar-refractivity contribution < 1.29 is 26.6 Å². The van der Waals surface area contributed by atoms with Crippen LogP contribution in [0.5, 0.6) is 0 Å². The SMILES string of the molecule is CC1CO[Si](C)(CCCCc2nc(CCCC[Si]3(C)OCC(C)O3)nc(NCCC[Si]3(C)OCC(C)O3)n2)O1. The maximum Gasteiger partial charge on any atom is 0.335 e. The molecule has 0 amide bonds. The van der Waals surface area contributed by atoms with Crippen LogP contribution in [-0.2, 0) is 39.4 Å². The summed E-state index contributed by atoms with van der Waals surface area (Å²) in [6, 6.07) is 2.99. The van der Waals surface area contributed by atoms with Gasteiger partial charge in [0.05, 0.1) is 38.1 Å². The number of hydrogen-bond donors (Lipinski definition) is 1. The first kappa shape index (κ1) is 31.2. The molecule has 6 atom stereocenters. The monoisotopic (exact) mass is 598 g/mol. The van der Waals surface area contributed by atoms with Crippen molar-refractivity contribution in [2.24, 2.45) is 0 Å². The van der Waals surface area contributed by atoms with Gasteiger partial charge < -0.3 is 31.9 Å². The molecule has 13 heteroatoms. The highest BCUT2D eigenvalue weighted by Gasteiger charge is 2.40. The molecule has 10 nitrogen and oxygen atoms in total. The van der Waals surface area contributed by atoms with Crippen LogP contribution in [0.4, 0.5) is 5.95 Å². The molecule has 3 fully saturated rings. The van der Waals surface area contributed by atoms with Crippen LogP contribution in [-0.4, -0.2) is 85.3 Å². The van der Waals surface area contributed by atoms with Gasteiger partial charge in [0, 0.05) is 19.4 Å². The van der Waals surface area contributed by atoms with Crippen molar-refractivity contribution in [3.63, 3.8) is 0 Å². The summed E-state index contributed by atoms with van der Waals surface area (Å²) in [6.45, 7) is 15.7. The lowest BCUT2D eigenvalue weighted by Gasteiger charge is -2.19. The molecule has 222 valence electrons. The zero-order chi connectivity index (χ0) is 27.9. The van der Waals surface area contributed by atoms with Crippen LogP contribution in [0.15, 0.2) is 0 Å². The summed E-state index contributed by atoms with van der Waals surface area (Å²) in [5, 5.41) is 3.45. The summed E-state index contributed by atoms with van der Waals surface area (Å²) in [4.78, 5) is 14.4. The summed E-state index contributed by atoms with van der Waals surface area (Å²) in [5.74, 6) is 2.41. The van der Waals surface area contributed by atoms with E-state index >= 15 is 0 Å². The van der Waals surface area contributed by atoms with Gasteiger partial charge in [-0.2, -0.15) is 9.97 Å². The molecule has 0 radical (unpaired) electrons. The minimum Gasteiger partial charge on any atom is -0.392 e.